The minimum absolute atomic E-state index is 0.470. The molecule has 0 spiro atoms. The number of hydrogen-bond donors (Lipinski definition) is 1. The highest BCUT2D eigenvalue weighted by molar-refractivity contribution is 5.51. The van der Waals surface area contributed by atoms with Crippen LogP contribution in [0.4, 0.5) is 16.0 Å². The Kier molecular flexibility index (Phi) is 2.37. The Morgan fingerprint density at radius 3 is 2.80 bits per heavy atom. The summed E-state index contributed by atoms with van der Waals surface area (Å²) in [6.07, 6.45) is 0. The number of rotatable bonds is 2. The van der Waals surface area contributed by atoms with Gasteiger partial charge in [0, 0.05) is 13.1 Å². The van der Waals surface area contributed by atoms with Gasteiger partial charge in [-0.25, -0.2) is 4.98 Å². The van der Waals surface area contributed by atoms with Crippen molar-refractivity contribution in [1.82, 2.24) is 14.8 Å². The second-order valence-electron chi connectivity index (χ2n) is 3.27. The summed E-state index contributed by atoms with van der Waals surface area (Å²) in [6, 6.07) is 6.48. The smallest absolute Gasteiger partial charge is 0.214 e. The summed E-state index contributed by atoms with van der Waals surface area (Å²) in [5, 5.41) is 7.15. The third-order valence-corrected chi connectivity index (χ3v) is 1.97. The van der Waals surface area contributed by atoms with Gasteiger partial charge >= 0.3 is 0 Å². The first-order valence-electron chi connectivity index (χ1n) is 4.55. The van der Waals surface area contributed by atoms with Crippen LogP contribution in [0.25, 0.3) is 0 Å². The van der Waals surface area contributed by atoms with Crippen LogP contribution in [0, 0.1) is 12.9 Å². The molecule has 0 bridgehead atoms. The molecule has 78 valence electrons. The minimum Gasteiger partial charge on any atom is -0.325 e. The number of aryl methyl sites for hydroxylation is 2. The largest absolute Gasteiger partial charge is 0.325 e. The summed E-state index contributed by atoms with van der Waals surface area (Å²) in [4.78, 5) is 3.70. The first kappa shape index (κ1) is 9.64. The average Bonchev–Trinajstić information content (AvgIpc) is 2.45. The zero-order valence-corrected chi connectivity index (χ0v) is 8.53. The summed E-state index contributed by atoms with van der Waals surface area (Å²) in [6.45, 7) is 1.89. The molecule has 4 nitrogen and oxygen atoms in total. The van der Waals surface area contributed by atoms with Crippen LogP contribution in [0.2, 0.25) is 0 Å². The van der Waals surface area contributed by atoms with Crippen LogP contribution in [0.3, 0.4) is 0 Å². The standard InChI is InChI=1S/C10H11FN4/c1-7-6-10(15(2)14-7)13-9-5-3-4-8(11)12-9/h3-6H,1-2H3,(H,12,13). The van der Waals surface area contributed by atoms with Crippen molar-refractivity contribution in [2.75, 3.05) is 5.32 Å². The minimum atomic E-state index is -0.501. The van der Waals surface area contributed by atoms with Gasteiger partial charge in [0.05, 0.1) is 5.69 Å². The van der Waals surface area contributed by atoms with E-state index >= 15 is 0 Å². The van der Waals surface area contributed by atoms with Crippen LogP contribution >= 0.6 is 0 Å². The number of nitrogens with zero attached hydrogens (tertiary/aromatic N) is 3. The molecule has 0 aliphatic heterocycles. The van der Waals surface area contributed by atoms with E-state index < -0.39 is 5.95 Å². The molecule has 0 fully saturated rings. The number of halogens is 1. The van der Waals surface area contributed by atoms with Crippen molar-refractivity contribution < 1.29 is 4.39 Å². The van der Waals surface area contributed by atoms with Crippen LogP contribution in [-0.4, -0.2) is 14.8 Å². The Labute approximate surface area is 86.8 Å². The third-order valence-electron chi connectivity index (χ3n) is 1.97. The van der Waals surface area contributed by atoms with Crippen LogP contribution in [0.5, 0.6) is 0 Å². The molecular weight excluding hydrogens is 195 g/mol. The zero-order chi connectivity index (χ0) is 10.8. The number of aromatic nitrogens is 3. The lowest BCUT2D eigenvalue weighted by Crippen LogP contribution is -2.01. The molecule has 0 aliphatic rings. The van der Waals surface area contributed by atoms with E-state index in [0.717, 1.165) is 11.5 Å². The highest BCUT2D eigenvalue weighted by atomic mass is 19.1. The summed E-state index contributed by atoms with van der Waals surface area (Å²) in [7, 11) is 1.81. The van der Waals surface area contributed by atoms with Crippen LogP contribution in [0.1, 0.15) is 5.69 Å². The Morgan fingerprint density at radius 2 is 2.20 bits per heavy atom. The van der Waals surface area contributed by atoms with Crippen molar-refractivity contribution >= 4 is 11.6 Å². The number of nitrogens with one attached hydrogen (secondary N) is 1. The van der Waals surface area contributed by atoms with Gasteiger partial charge in [-0.15, -0.1) is 0 Å². The normalized spacial score (nSPS) is 10.3. The Hall–Kier alpha value is -1.91. The molecule has 5 heteroatoms. The monoisotopic (exact) mass is 206 g/mol. The fourth-order valence-corrected chi connectivity index (χ4v) is 1.34. The van der Waals surface area contributed by atoms with E-state index in [0.29, 0.717) is 5.82 Å². The maximum atomic E-state index is 12.8. The Balaban J connectivity index is 2.25. The third kappa shape index (κ3) is 2.12. The first-order chi connectivity index (χ1) is 7.15. The molecule has 2 aromatic heterocycles. The molecule has 0 unspecified atom stereocenters. The van der Waals surface area contributed by atoms with E-state index in [4.69, 9.17) is 0 Å². The lowest BCUT2D eigenvalue weighted by molar-refractivity contribution is 0.585. The number of anilines is 2. The molecule has 0 saturated carbocycles. The number of hydrogen-bond acceptors (Lipinski definition) is 3. The van der Waals surface area contributed by atoms with Crippen molar-refractivity contribution in [2.45, 2.75) is 6.92 Å². The molecule has 0 amide bonds. The van der Waals surface area contributed by atoms with Gasteiger partial charge in [0.1, 0.15) is 11.6 Å². The van der Waals surface area contributed by atoms with Crippen molar-refractivity contribution in [3.63, 3.8) is 0 Å². The number of pyridine rings is 1. The zero-order valence-electron chi connectivity index (χ0n) is 8.53. The first-order valence-corrected chi connectivity index (χ1v) is 4.55. The predicted octanol–water partition coefficient (Wildman–Crippen LogP) is 2.01. The quantitative estimate of drug-likeness (QED) is 0.764. The topological polar surface area (TPSA) is 42.7 Å². The van der Waals surface area contributed by atoms with Gasteiger partial charge in [0.15, 0.2) is 0 Å². The second kappa shape index (κ2) is 3.68. The van der Waals surface area contributed by atoms with E-state index in [9.17, 15) is 4.39 Å². The van der Waals surface area contributed by atoms with Gasteiger partial charge in [0.25, 0.3) is 0 Å². The molecule has 0 atom stereocenters. The van der Waals surface area contributed by atoms with Crippen molar-refractivity contribution in [2.24, 2.45) is 7.05 Å². The highest BCUT2D eigenvalue weighted by Crippen LogP contribution is 2.14. The average molecular weight is 206 g/mol. The molecule has 2 heterocycles. The molecule has 1 N–H and O–H groups in total. The van der Waals surface area contributed by atoms with Gasteiger partial charge in [-0.2, -0.15) is 9.49 Å². The van der Waals surface area contributed by atoms with Gasteiger partial charge in [-0.1, -0.05) is 6.07 Å². The molecule has 0 aliphatic carbocycles. The van der Waals surface area contributed by atoms with Crippen molar-refractivity contribution in [1.29, 1.82) is 0 Å². The van der Waals surface area contributed by atoms with Gasteiger partial charge < -0.3 is 5.32 Å². The maximum absolute atomic E-state index is 12.8. The Morgan fingerprint density at radius 1 is 1.40 bits per heavy atom. The van der Waals surface area contributed by atoms with Crippen molar-refractivity contribution in [3.05, 3.63) is 35.9 Å². The van der Waals surface area contributed by atoms with E-state index in [1.807, 2.05) is 20.0 Å². The SMILES string of the molecule is Cc1cc(Nc2cccc(F)n2)n(C)n1. The molecule has 15 heavy (non-hydrogen) atoms. The molecule has 0 aromatic carbocycles. The highest BCUT2D eigenvalue weighted by Gasteiger charge is 2.03. The lowest BCUT2D eigenvalue weighted by Gasteiger charge is -2.04. The fourth-order valence-electron chi connectivity index (χ4n) is 1.34. The molecule has 0 saturated heterocycles. The van der Waals surface area contributed by atoms with Crippen LogP contribution in [-0.2, 0) is 7.05 Å². The van der Waals surface area contributed by atoms with Gasteiger partial charge in [-0.05, 0) is 19.1 Å². The van der Waals surface area contributed by atoms with E-state index in [2.05, 4.69) is 15.4 Å². The molecular formula is C10H11FN4. The van der Waals surface area contributed by atoms with Crippen LogP contribution in [0.15, 0.2) is 24.3 Å². The summed E-state index contributed by atoms with van der Waals surface area (Å²) >= 11 is 0. The molecule has 2 aromatic rings. The summed E-state index contributed by atoms with van der Waals surface area (Å²) in [5.74, 6) is 0.752. The van der Waals surface area contributed by atoms with E-state index in [-0.39, 0.29) is 0 Å². The molecule has 0 radical (unpaired) electrons. The maximum Gasteiger partial charge on any atom is 0.214 e. The molecule has 2 rings (SSSR count). The second-order valence-corrected chi connectivity index (χ2v) is 3.27. The van der Waals surface area contributed by atoms with E-state index in [1.165, 1.54) is 6.07 Å². The Bertz CT molecular complexity index is 478. The van der Waals surface area contributed by atoms with Gasteiger partial charge in [0.2, 0.25) is 5.95 Å². The fraction of sp³-hybridized carbons (Fsp3) is 0.200. The van der Waals surface area contributed by atoms with Crippen molar-refractivity contribution in [3.8, 4) is 0 Å². The van der Waals surface area contributed by atoms with Gasteiger partial charge in [-0.3, -0.25) is 4.68 Å². The van der Waals surface area contributed by atoms with Crippen LogP contribution < -0.4 is 5.32 Å². The predicted molar refractivity (Wildman–Crippen MR) is 55.4 cm³/mol. The lowest BCUT2D eigenvalue weighted by atomic mass is 10.4. The summed E-state index contributed by atoms with van der Waals surface area (Å²) < 4.78 is 14.5. The summed E-state index contributed by atoms with van der Waals surface area (Å²) in [5.41, 5.74) is 0.899. The van der Waals surface area contributed by atoms with E-state index in [1.54, 1.807) is 16.8 Å².